The molecule has 0 fully saturated rings. The lowest BCUT2D eigenvalue weighted by molar-refractivity contribution is -0.957. The zero-order valence-corrected chi connectivity index (χ0v) is 17.9. The zero-order chi connectivity index (χ0) is 21.3. The Morgan fingerprint density at radius 1 is 0.562 bits per heavy atom. The van der Waals surface area contributed by atoms with Crippen LogP contribution in [0.5, 0.6) is 0 Å². The standard InChI is InChI=1S/C30H22N2/c1-21-10-9-16-29-24-13-5-6-14-26(24)30(32(21)29)27-18-17-23(22-11-3-2-4-12-22)20-25(27)28-15-7-8-19-31(28)30/h2-20H,1H3/q+2. The van der Waals surface area contributed by atoms with E-state index in [2.05, 4.69) is 131 Å². The molecule has 2 aliphatic rings. The van der Waals surface area contributed by atoms with Crippen molar-refractivity contribution in [3.8, 4) is 33.6 Å². The Kier molecular flexibility index (Phi) is 3.44. The first-order chi connectivity index (χ1) is 15.8. The smallest absolute Gasteiger partial charge is 0.126 e. The van der Waals surface area contributed by atoms with Crippen LogP contribution in [0.3, 0.4) is 0 Å². The molecule has 1 spiro atoms. The van der Waals surface area contributed by atoms with Gasteiger partial charge in [-0.1, -0.05) is 48.5 Å². The number of hydrogen-bond acceptors (Lipinski definition) is 0. The maximum Gasteiger partial charge on any atom is 0.417 e. The van der Waals surface area contributed by atoms with E-state index in [-0.39, 0.29) is 0 Å². The summed E-state index contributed by atoms with van der Waals surface area (Å²) in [4.78, 5) is 0. The van der Waals surface area contributed by atoms with Gasteiger partial charge >= 0.3 is 5.66 Å². The first kappa shape index (κ1) is 17.6. The Morgan fingerprint density at radius 3 is 2.22 bits per heavy atom. The molecule has 7 rings (SSSR count). The monoisotopic (exact) mass is 410 g/mol. The molecular formula is C30H22N2+2. The van der Waals surface area contributed by atoms with Gasteiger partial charge in [-0.05, 0) is 47.5 Å². The average molecular weight is 411 g/mol. The number of pyridine rings is 2. The van der Waals surface area contributed by atoms with Crippen LogP contribution in [0.15, 0.2) is 115 Å². The Balaban J connectivity index is 1.63. The van der Waals surface area contributed by atoms with Gasteiger partial charge in [-0.2, -0.15) is 0 Å². The first-order valence-electron chi connectivity index (χ1n) is 11.1. The van der Waals surface area contributed by atoms with Gasteiger partial charge in [0, 0.05) is 31.2 Å². The second-order valence-corrected chi connectivity index (χ2v) is 8.69. The van der Waals surface area contributed by atoms with Crippen molar-refractivity contribution in [2.45, 2.75) is 12.6 Å². The highest BCUT2D eigenvalue weighted by molar-refractivity contribution is 5.78. The summed E-state index contributed by atoms with van der Waals surface area (Å²) in [5.74, 6) is 0. The van der Waals surface area contributed by atoms with Crippen LogP contribution in [0, 0.1) is 6.92 Å². The molecule has 4 heterocycles. The molecule has 0 N–H and O–H groups in total. The quantitative estimate of drug-likeness (QED) is 0.316. The van der Waals surface area contributed by atoms with E-state index in [0.717, 1.165) is 0 Å². The number of hydrogen-bond donors (Lipinski definition) is 0. The van der Waals surface area contributed by atoms with Crippen molar-refractivity contribution < 1.29 is 9.13 Å². The van der Waals surface area contributed by atoms with Gasteiger partial charge in [0.2, 0.25) is 11.4 Å². The molecule has 1 unspecified atom stereocenters. The fourth-order valence-electron chi connectivity index (χ4n) is 5.84. The number of fused-ring (bicyclic) bond motifs is 10. The molecule has 3 aromatic carbocycles. The minimum atomic E-state index is -0.418. The molecule has 2 nitrogen and oxygen atoms in total. The molecule has 0 aliphatic carbocycles. The number of aryl methyl sites for hydroxylation is 1. The summed E-state index contributed by atoms with van der Waals surface area (Å²) in [5.41, 5.74) is 11.1. The maximum atomic E-state index is 2.52. The van der Waals surface area contributed by atoms with E-state index < -0.39 is 5.66 Å². The van der Waals surface area contributed by atoms with Crippen LogP contribution in [0.2, 0.25) is 0 Å². The number of nitrogens with zero attached hydrogens (tertiary/aromatic N) is 2. The first-order valence-corrected chi connectivity index (χ1v) is 11.1. The fourth-order valence-corrected chi connectivity index (χ4v) is 5.84. The van der Waals surface area contributed by atoms with Gasteiger partial charge in [0.1, 0.15) is 11.1 Å². The molecule has 2 aromatic heterocycles. The SMILES string of the molecule is Cc1cccc2[n+]1C1(c3ccc(-c4ccccc4)cc3-c3cccc[n+]31)c1ccccc1-2. The van der Waals surface area contributed by atoms with E-state index >= 15 is 0 Å². The molecular weight excluding hydrogens is 388 g/mol. The lowest BCUT2D eigenvalue weighted by Gasteiger charge is -2.18. The van der Waals surface area contributed by atoms with Crippen LogP contribution >= 0.6 is 0 Å². The summed E-state index contributed by atoms with van der Waals surface area (Å²) in [6.45, 7) is 2.22. The van der Waals surface area contributed by atoms with Gasteiger partial charge in [-0.15, -0.1) is 9.13 Å². The predicted octanol–water partition coefficient (Wildman–Crippen LogP) is 5.50. The Morgan fingerprint density at radius 2 is 1.31 bits per heavy atom. The Bertz CT molecular complexity index is 1530. The van der Waals surface area contributed by atoms with Crippen molar-refractivity contribution >= 4 is 0 Å². The molecule has 2 heteroatoms. The minimum Gasteiger partial charge on any atom is -0.126 e. The van der Waals surface area contributed by atoms with Crippen molar-refractivity contribution in [2.24, 2.45) is 0 Å². The zero-order valence-electron chi connectivity index (χ0n) is 17.9. The summed E-state index contributed by atoms with van der Waals surface area (Å²) in [7, 11) is 0. The number of benzene rings is 3. The van der Waals surface area contributed by atoms with Gasteiger partial charge in [0.15, 0.2) is 11.9 Å². The minimum absolute atomic E-state index is 0.418. The molecule has 0 radical (unpaired) electrons. The second kappa shape index (κ2) is 6.24. The molecule has 32 heavy (non-hydrogen) atoms. The van der Waals surface area contributed by atoms with Crippen LogP contribution < -0.4 is 9.13 Å². The van der Waals surface area contributed by atoms with Crippen molar-refractivity contribution in [2.75, 3.05) is 0 Å². The van der Waals surface area contributed by atoms with Crippen molar-refractivity contribution in [3.05, 3.63) is 132 Å². The highest BCUT2D eigenvalue weighted by Gasteiger charge is 2.66. The van der Waals surface area contributed by atoms with E-state index in [1.54, 1.807) is 0 Å². The molecule has 0 saturated heterocycles. The Hall–Kier alpha value is -4.04. The van der Waals surface area contributed by atoms with Crippen LogP contribution in [-0.4, -0.2) is 0 Å². The average Bonchev–Trinajstić information content (AvgIpc) is 3.32. The molecule has 0 saturated carbocycles. The predicted molar refractivity (Wildman–Crippen MR) is 126 cm³/mol. The van der Waals surface area contributed by atoms with E-state index in [1.165, 1.54) is 50.5 Å². The van der Waals surface area contributed by atoms with Crippen molar-refractivity contribution in [1.82, 2.24) is 0 Å². The van der Waals surface area contributed by atoms with Crippen LogP contribution in [0.25, 0.3) is 33.6 Å². The summed E-state index contributed by atoms with van der Waals surface area (Å²) >= 11 is 0. The third-order valence-electron chi connectivity index (χ3n) is 7.07. The highest BCUT2D eigenvalue weighted by atomic mass is 15.3. The van der Waals surface area contributed by atoms with Gasteiger partial charge in [0.25, 0.3) is 0 Å². The van der Waals surface area contributed by atoms with Crippen molar-refractivity contribution in [1.29, 1.82) is 0 Å². The second-order valence-electron chi connectivity index (χ2n) is 8.69. The molecule has 0 amide bonds. The van der Waals surface area contributed by atoms with Gasteiger partial charge in [-0.25, -0.2) is 0 Å². The van der Waals surface area contributed by atoms with E-state index in [0.29, 0.717) is 0 Å². The summed E-state index contributed by atoms with van der Waals surface area (Å²) in [5, 5.41) is 0. The van der Waals surface area contributed by atoms with E-state index in [4.69, 9.17) is 0 Å². The molecule has 5 aromatic rings. The molecule has 150 valence electrons. The third kappa shape index (κ3) is 2.04. The lowest BCUT2D eigenvalue weighted by atomic mass is 9.88. The molecule has 0 bridgehead atoms. The fraction of sp³-hybridized carbons (Fsp3) is 0.0667. The molecule has 2 aliphatic heterocycles. The summed E-state index contributed by atoms with van der Waals surface area (Å²) in [6.07, 6.45) is 2.24. The largest absolute Gasteiger partial charge is 0.417 e. The number of rotatable bonds is 1. The normalized spacial score (nSPS) is 17.0. The summed E-state index contributed by atoms with van der Waals surface area (Å²) in [6, 6.07) is 39.7. The maximum absolute atomic E-state index is 2.52. The molecule has 1 atom stereocenters. The Labute approximate surface area is 187 Å². The summed E-state index contributed by atoms with van der Waals surface area (Å²) < 4.78 is 4.99. The van der Waals surface area contributed by atoms with Crippen LogP contribution in [-0.2, 0) is 5.66 Å². The van der Waals surface area contributed by atoms with Crippen molar-refractivity contribution in [3.63, 3.8) is 0 Å². The van der Waals surface area contributed by atoms with Crippen LogP contribution in [0.4, 0.5) is 0 Å². The number of aromatic nitrogens is 2. The third-order valence-corrected chi connectivity index (χ3v) is 7.07. The van der Waals surface area contributed by atoms with Gasteiger partial charge in [0.05, 0.1) is 11.1 Å². The van der Waals surface area contributed by atoms with E-state index in [1.807, 2.05) is 0 Å². The van der Waals surface area contributed by atoms with Gasteiger partial charge in [-0.3, -0.25) is 0 Å². The topological polar surface area (TPSA) is 7.76 Å². The van der Waals surface area contributed by atoms with Crippen LogP contribution in [0.1, 0.15) is 16.8 Å². The van der Waals surface area contributed by atoms with Gasteiger partial charge < -0.3 is 0 Å². The highest BCUT2D eigenvalue weighted by Crippen LogP contribution is 2.47. The van der Waals surface area contributed by atoms with E-state index in [9.17, 15) is 0 Å². The lowest BCUT2D eigenvalue weighted by Crippen LogP contribution is -2.72.